The van der Waals surface area contributed by atoms with Gasteiger partial charge in [-0.05, 0) is 38.2 Å². The third-order valence-corrected chi connectivity index (χ3v) is 2.83. The second-order valence-electron chi connectivity index (χ2n) is 4.19. The summed E-state index contributed by atoms with van der Waals surface area (Å²) in [5.41, 5.74) is 0.244. The van der Waals surface area contributed by atoms with Crippen molar-refractivity contribution in [2.75, 3.05) is 26.8 Å². The molecule has 1 unspecified atom stereocenters. The number of nitrogens with zero attached hydrogens (tertiary/aromatic N) is 1. The molecule has 0 amide bonds. The molecule has 18 heavy (non-hydrogen) atoms. The standard InChI is InChI=1S/C13H19NO4/c1-10(9-15)14(2)7-8-18-12-5-3-11(4-6-12)13(16)17/h3-6,10,15H,7-9H2,1-2H3,(H,16,17). The molecule has 0 bridgehead atoms. The topological polar surface area (TPSA) is 70.0 Å². The van der Waals surface area contributed by atoms with Crippen molar-refractivity contribution in [3.8, 4) is 5.75 Å². The Kier molecular flexibility index (Phi) is 5.61. The molecule has 1 rings (SSSR count). The molecule has 0 saturated carbocycles. The lowest BCUT2D eigenvalue weighted by molar-refractivity contribution is 0.0697. The summed E-state index contributed by atoms with van der Waals surface area (Å²) in [4.78, 5) is 12.6. The molecule has 1 aromatic carbocycles. The Balaban J connectivity index is 2.38. The minimum absolute atomic E-state index is 0.1000. The summed E-state index contributed by atoms with van der Waals surface area (Å²) in [6.45, 7) is 3.24. The van der Waals surface area contributed by atoms with Crippen LogP contribution in [0.4, 0.5) is 0 Å². The quantitative estimate of drug-likeness (QED) is 0.761. The van der Waals surface area contributed by atoms with Crippen LogP contribution in [0.25, 0.3) is 0 Å². The highest BCUT2D eigenvalue weighted by Gasteiger charge is 2.07. The van der Waals surface area contributed by atoms with Crippen LogP contribution in [-0.2, 0) is 0 Å². The largest absolute Gasteiger partial charge is 0.492 e. The van der Waals surface area contributed by atoms with Crippen LogP contribution in [0.15, 0.2) is 24.3 Å². The van der Waals surface area contributed by atoms with E-state index >= 15 is 0 Å². The zero-order chi connectivity index (χ0) is 13.5. The van der Waals surface area contributed by atoms with Crippen molar-refractivity contribution >= 4 is 5.97 Å². The van der Waals surface area contributed by atoms with Gasteiger partial charge in [0, 0.05) is 12.6 Å². The zero-order valence-corrected chi connectivity index (χ0v) is 10.7. The van der Waals surface area contributed by atoms with Gasteiger partial charge in [-0.15, -0.1) is 0 Å². The van der Waals surface area contributed by atoms with Crippen LogP contribution in [0.2, 0.25) is 0 Å². The molecule has 0 radical (unpaired) electrons. The number of carboxylic acids is 1. The van der Waals surface area contributed by atoms with Crippen molar-refractivity contribution in [3.05, 3.63) is 29.8 Å². The Hall–Kier alpha value is -1.59. The molecule has 2 N–H and O–H groups in total. The fourth-order valence-electron chi connectivity index (χ4n) is 1.36. The van der Waals surface area contributed by atoms with E-state index in [0.29, 0.717) is 18.9 Å². The van der Waals surface area contributed by atoms with Gasteiger partial charge in [-0.25, -0.2) is 4.79 Å². The Labute approximate surface area is 107 Å². The minimum atomic E-state index is -0.946. The van der Waals surface area contributed by atoms with Crippen molar-refractivity contribution in [1.82, 2.24) is 4.90 Å². The molecule has 1 atom stereocenters. The smallest absolute Gasteiger partial charge is 0.335 e. The average molecular weight is 253 g/mol. The van der Waals surface area contributed by atoms with Gasteiger partial charge >= 0.3 is 5.97 Å². The maximum atomic E-state index is 10.7. The number of carboxylic acid groups (broad SMARTS) is 1. The van der Waals surface area contributed by atoms with Crippen molar-refractivity contribution < 1.29 is 19.7 Å². The summed E-state index contributed by atoms with van der Waals surface area (Å²) in [6.07, 6.45) is 0. The van der Waals surface area contributed by atoms with Crippen molar-refractivity contribution in [2.45, 2.75) is 13.0 Å². The predicted molar refractivity (Wildman–Crippen MR) is 68.1 cm³/mol. The van der Waals surface area contributed by atoms with E-state index in [-0.39, 0.29) is 18.2 Å². The number of aliphatic hydroxyl groups excluding tert-OH is 1. The third-order valence-electron chi connectivity index (χ3n) is 2.83. The van der Waals surface area contributed by atoms with Gasteiger partial charge in [-0.2, -0.15) is 0 Å². The summed E-state index contributed by atoms with van der Waals surface area (Å²) in [5, 5.41) is 17.7. The van der Waals surface area contributed by atoms with Gasteiger partial charge in [-0.3, -0.25) is 4.90 Å². The number of ether oxygens (including phenoxy) is 1. The van der Waals surface area contributed by atoms with Crippen LogP contribution < -0.4 is 4.74 Å². The number of rotatable bonds is 7. The van der Waals surface area contributed by atoms with E-state index in [1.807, 2.05) is 18.9 Å². The Morgan fingerprint density at radius 3 is 2.50 bits per heavy atom. The van der Waals surface area contributed by atoms with Crippen LogP contribution in [0.3, 0.4) is 0 Å². The molecule has 0 aliphatic carbocycles. The first-order valence-corrected chi connectivity index (χ1v) is 5.82. The minimum Gasteiger partial charge on any atom is -0.492 e. The van der Waals surface area contributed by atoms with Crippen LogP contribution in [0.5, 0.6) is 5.75 Å². The van der Waals surface area contributed by atoms with E-state index in [0.717, 1.165) is 0 Å². The lowest BCUT2D eigenvalue weighted by atomic mass is 10.2. The van der Waals surface area contributed by atoms with Gasteiger partial charge in [0.25, 0.3) is 0 Å². The fourth-order valence-corrected chi connectivity index (χ4v) is 1.36. The molecule has 5 nitrogen and oxygen atoms in total. The first kappa shape index (κ1) is 14.5. The van der Waals surface area contributed by atoms with Gasteiger partial charge in [-0.1, -0.05) is 0 Å². The molecule has 0 saturated heterocycles. The monoisotopic (exact) mass is 253 g/mol. The Morgan fingerprint density at radius 2 is 2.00 bits per heavy atom. The lowest BCUT2D eigenvalue weighted by Crippen LogP contribution is -2.35. The molecule has 0 aliphatic heterocycles. The maximum Gasteiger partial charge on any atom is 0.335 e. The summed E-state index contributed by atoms with van der Waals surface area (Å²) in [5.74, 6) is -0.303. The highest BCUT2D eigenvalue weighted by molar-refractivity contribution is 5.87. The molecule has 5 heteroatoms. The normalized spacial score (nSPS) is 12.4. The van der Waals surface area contributed by atoms with E-state index in [1.54, 1.807) is 12.1 Å². The molecule has 0 spiro atoms. The zero-order valence-electron chi connectivity index (χ0n) is 10.7. The molecule has 0 aromatic heterocycles. The molecule has 0 fully saturated rings. The highest BCUT2D eigenvalue weighted by Crippen LogP contribution is 2.12. The van der Waals surface area contributed by atoms with Gasteiger partial charge in [0.1, 0.15) is 12.4 Å². The van der Waals surface area contributed by atoms with Crippen molar-refractivity contribution in [3.63, 3.8) is 0 Å². The van der Waals surface area contributed by atoms with E-state index < -0.39 is 5.97 Å². The number of hydrogen-bond acceptors (Lipinski definition) is 4. The van der Waals surface area contributed by atoms with Gasteiger partial charge in [0.2, 0.25) is 0 Å². The molecular weight excluding hydrogens is 234 g/mol. The van der Waals surface area contributed by atoms with E-state index in [9.17, 15) is 4.79 Å². The SMILES string of the molecule is CC(CO)N(C)CCOc1ccc(C(=O)O)cc1. The lowest BCUT2D eigenvalue weighted by Gasteiger charge is -2.22. The van der Waals surface area contributed by atoms with Crippen LogP contribution in [0, 0.1) is 0 Å². The van der Waals surface area contributed by atoms with Crippen LogP contribution in [-0.4, -0.2) is 53.9 Å². The Bertz CT molecular complexity index is 377. The fraction of sp³-hybridized carbons (Fsp3) is 0.462. The summed E-state index contributed by atoms with van der Waals surface area (Å²) in [6, 6.07) is 6.40. The number of hydrogen-bond donors (Lipinski definition) is 2. The average Bonchev–Trinajstić information content (AvgIpc) is 2.38. The van der Waals surface area contributed by atoms with E-state index in [2.05, 4.69) is 0 Å². The summed E-state index contributed by atoms with van der Waals surface area (Å²) >= 11 is 0. The van der Waals surface area contributed by atoms with Crippen molar-refractivity contribution in [1.29, 1.82) is 0 Å². The van der Waals surface area contributed by atoms with Gasteiger partial charge in [0.15, 0.2) is 0 Å². The second-order valence-corrected chi connectivity index (χ2v) is 4.19. The van der Waals surface area contributed by atoms with Gasteiger partial charge in [0.05, 0.1) is 12.2 Å². The number of likely N-dealkylation sites (N-methyl/N-ethyl adjacent to an activating group) is 1. The molecular formula is C13H19NO4. The molecule has 0 aliphatic rings. The highest BCUT2D eigenvalue weighted by atomic mass is 16.5. The van der Waals surface area contributed by atoms with Crippen molar-refractivity contribution in [2.24, 2.45) is 0 Å². The number of benzene rings is 1. The van der Waals surface area contributed by atoms with E-state index in [4.69, 9.17) is 14.9 Å². The number of carbonyl (C=O) groups is 1. The first-order chi connectivity index (χ1) is 8.54. The molecule has 0 heterocycles. The third kappa shape index (κ3) is 4.35. The van der Waals surface area contributed by atoms with Gasteiger partial charge < -0.3 is 14.9 Å². The summed E-state index contributed by atoms with van der Waals surface area (Å²) < 4.78 is 5.49. The molecule has 1 aromatic rings. The first-order valence-electron chi connectivity index (χ1n) is 5.82. The number of aromatic carboxylic acids is 1. The maximum absolute atomic E-state index is 10.7. The Morgan fingerprint density at radius 1 is 1.39 bits per heavy atom. The van der Waals surface area contributed by atoms with Crippen LogP contribution in [0.1, 0.15) is 17.3 Å². The van der Waals surface area contributed by atoms with Crippen LogP contribution >= 0.6 is 0 Å². The summed E-state index contributed by atoms with van der Waals surface area (Å²) in [7, 11) is 1.91. The van der Waals surface area contributed by atoms with E-state index in [1.165, 1.54) is 12.1 Å². The second kappa shape index (κ2) is 6.98. The molecule has 100 valence electrons. The predicted octanol–water partition coefficient (Wildman–Crippen LogP) is 1.08. The number of aliphatic hydroxyl groups is 1.